The number of rotatable bonds is 4. The van der Waals surface area contributed by atoms with Crippen LogP contribution in [-0.2, 0) is 6.42 Å². The molecule has 0 aliphatic heterocycles. The Hall–Kier alpha value is -1.22. The fraction of sp³-hybridized carbons (Fsp3) is 0.412. The van der Waals surface area contributed by atoms with Gasteiger partial charge in [0.15, 0.2) is 0 Å². The Balaban J connectivity index is 2.04. The molecule has 20 heavy (non-hydrogen) atoms. The summed E-state index contributed by atoms with van der Waals surface area (Å²) < 4.78 is 0.884. The van der Waals surface area contributed by atoms with Crippen LogP contribution in [0.3, 0.4) is 0 Å². The monoisotopic (exact) mass is 330 g/mol. The van der Waals surface area contributed by atoms with Crippen molar-refractivity contribution in [2.75, 3.05) is 0 Å². The molecule has 0 bridgehead atoms. The Kier molecular flexibility index (Phi) is 4.16. The third kappa shape index (κ3) is 2.78. The van der Waals surface area contributed by atoms with Crippen molar-refractivity contribution in [2.45, 2.75) is 44.9 Å². The van der Waals surface area contributed by atoms with E-state index in [0.29, 0.717) is 0 Å². The standard InChI is InChI=1S/C17H19BrN2/c1-2-6-17-19-15(11-16(18)20-17)14-10-4-3-9-13(14)12-7-5-8-12/h3-4,9-12H,2,5-8H2,1H3. The van der Waals surface area contributed by atoms with Crippen LogP contribution in [0.15, 0.2) is 34.9 Å². The summed E-state index contributed by atoms with van der Waals surface area (Å²) in [7, 11) is 0. The first kappa shape index (κ1) is 13.7. The fourth-order valence-electron chi connectivity index (χ4n) is 2.74. The van der Waals surface area contributed by atoms with Crippen LogP contribution in [0, 0.1) is 0 Å². The first-order valence-electron chi connectivity index (χ1n) is 7.40. The minimum Gasteiger partial charge on any atom is -0.233 e. The maximum Gasteiger partial charge on any atom is 0.130 e. The number of benzene rings is 1. The molecule has 1 aromatic heterocycles. The summed E-state index contributed by atoms with van der Waals surface area (Å²) in [5.74, 6) is 1.65. The topological polar surface area (TPSA) is 25.8 Å². The summed E-state index contributed by atoms with van der Waals surface area (Å²) in [6, 6.07) is 10.7. The Labute approximate surface area is 128 Å². The highest BCUT2D eigenvalue weighted by molar-refractivity contribution is 9.10. The molecule has 1 heterocycles. The lowest BCUT2D eigenvalue weighted by Gasteiger charge is -2.27. The Bertz CT molecular complexity index is 606. The predicted molar refractivity (Wildman–Crippen MR) is 85.8 cm³/mol. The van der Waals surface area contributed by atoms with Crippen molar-refractivity contribution >= 4 is 15.9 Å². The Morgan fingerprint density at radius 2 is 2.00 bits per heavy atom. The molecule has 0 radical (unpaired) electrons. The second-order valence-corrected chi connectivity index (χ2v) is 6.27. The molecule has 1 aliphatic rings. The van der Waals surface area contributed by atoms with E-state index in [-0.39, 0.29) is 0 Å². The molecule has 2 aromatic rings. The van der Waals surface area contributed by atoms with Gasteiger partial charge in [0.05, 0.1) is 5.69 Å². The van der Waals surface area contributed by atoms with E-state index >= 15 is 0 Å². The second kappa shape index (κ2) is 6.04. The van der Waals surface area contributed by atoms with Crippen LogP contribution < -0.4 is 0 Å². The molecule has 2 nitrogen and oxygen atoms in total. The molecule has 104 valence electrons. The molecule has 0 amide bonds. The van der Waals surface area contributed by atoms with Crippen molar-refractivity contribution in [2.24, 2.45) is 0 Å². The van der Waals surface area contributed by atoms with Gasteiger partial charge in [0.1, 0.15) is 10.4 Å². The molecule has 3 rings (SSSR count). The quantitative estimate of drug-likeness (QED) is 0.726. The van der Waals surface area contributed by atoms with Crippen molar-refractivity contribution in [1.29, 1.82) is 0 Å². The zero-order valence-corrected chi connectivity index (χ0v) is 13.4. The normalized spacial score (nSPS) is 15.1. The third-order valence-electron chi connectivity index (χ3n) is 4.00. The molecule has 1 saturated carbocycles. The highest BCUT2D eigenvalue weighted by Gasteiger charge is 2.22. The van der Waals surface area contributed by atoms with E-state index in [1.165, 1.54) is 30.4 Å². The smallest absolute Gasteiger partial charge is 0.130 e. The zero-order chi connectivity index (χ0) is 13.9. The van der Waals surface area contributed by atoms with E-state index in [1.807, 2.05) is 6.07 Å². The number of aromatic nitrogens is 2. The molecule has 0 unspecified atom stereocenters. The van der Waals surface area contributed by atoms with Gasteiger partial charge >= 0.3 is 0 Å². The van der Waals surface area contributed by atoms with Crippen LogP contribution >= 0.6 is 15.9 Å². The summed E-state index contributed by atoms with van der Waals surface area (Å²) in [5.41, 5.74) is 3.78. The Morgan fingerprint density at radius 3 is 2.70 bits per heavy atom. The van der Waals surface area contributed by atoms with Gasteiger partial charge in [-0.3, -0.25) is 0 Å². The number of hydrogen-bond donors (Lipinski definition) is 0. The minimum atomic E-state index is 0.717. The molecular weight excluding hydrogens is 312 g/mol. The van der Waals surface area contributed by atoms with Gasteiger partial charge in [0.25, 0.3) is 0 Å². The van der Waals surface area contributed by atoms with Crippen molar-refractivity contribution in [1.82, 2.24) is 9.97 Å². The van der Waals surface area contributed by atoms with Gasteiger partial charge in [-0.1, -0.05) is 37.6 Å². The van der Waals surface area contributed by atoms with E-state index in [2.05, 4.69) is 52.1 Å². The molecule has 1 fully saturated rings. The maximum atomic E-state index is 4.75. The van der Waals surface area contributed by atoms with Gasteiger partial charge in [0.2, 0.25) is 0 Å². The summed E-state index contributed by atoms with van der Waals surface area (Å²) in [6.45, 7) is 2.16. The summed E-state index contributed by atoms with van der Waals surface area (Å²) in [6.07, 6.45) is 5.97. The van der Waals surface area contributed by atoms with E-state index in [1.54, 1.807) is 0 Å². The molecule has 0 N–H and O–H groups in total. The highest BCUT2D eigenvalue weighted by atomic mass is 79.9. The average molecular weight is 331 g/mol. The highest BCUT2D eigenvalue weighted by Crippen LogP contribution is 2.40. The lowest BCUT2D eigenvalue weighted by atomic mass is 9.78. The largest absolute Gasteiger partial charge is 0.233 e. The average Bonchev–Trinajstić information content (AvgIpc) is 2.37. The van der Waals surface area contributed by atoms with Gasteiger partial charge in [0, 0.05) is 12.0 Å². The van der Waals surface area contributed by atoms with Crippen molar-refractivity contribution in [3.8, 4) is 11.3 Å². The third-order valence-corrected chi connectivity index (χ3v) is 4.40. The van der Waals surface area contributed by atoms with Crippen LogP contribution in [0.25, 0.3) is 11.3 Å². The van der Waals surface area contributed by atoms with Gasteiger partial charge in [-0.2, -0.15) is 0 Å². The molecule has 1 aromatic carbocycles. The van der Waals surface area contributed by atoms with E-state index in [4.69, 9.17) is 4.98 Å². The van der Waals surface area contributed by atoms with E-state index in [0.717, 1.165) is 34.9 Å². The van der Waals surface area contributed by atoms with Gasteiger partial charge in [-0.25, -0.2) is 9.97 Å². The lowest BCUT2D eigenvalue weighted by molar-refractivity contribution is 0.420. The number of hydrogen-bond acceptors (Lipinski definition) is 2. The van der Waals surface area contributed by atoms with E-state index in [9.17, 15) is 0 Å². The molecular formula is C17H19BrN2. The summed E-state index contributed by atoms with van der Waals surface area (Å²) in [4.78, 5) is 9.22. The number of aryl methyl sites for hydroxylation is 1. The predicted octanol–water partition coefficient (Wildman–Crippen LogP) is 5.13. The fourth-order valence-corrected chi connectivity index (χ4v) is 3.17. The SMILES string of the molecule is CCCc1nc(Br)cc(-c2ccccc2C2CCC2)n1. The van der Waals surface area contributed by atoms with Crippen LogP contribution in [-0.4, -0.2) is 9.97 Å². The second-order valence-electron chi connectivity index (χ2n) is 5.46. The van der Waals surface area contributed by atoms with Crippen molar-refractivity contribution in [3.05, 3.63) is 46.3 Å². The number of nitrogens with zero attached hydrogens (tertiary/aromatic N) is 2. The van der Waals surface area contributed by atoms with Crippen molar-refractivity contribution < 1.29 is 0 Å². The Morgan fingerprint density at radius 1 is 1.20 bits per heavy atom. The van der Waals surface area contributed by atoms with Crippen LogP contribution in [0.5, 0.6) is 0 Å². The van der Waals surface area contributed by atoms with Gasteiger partial charge in [-0.15, -0.1) is 0 Å². The van der Waals surface area contributed by atoms with Crippen LogP contribution in [0.2, 0.25) is 0 Å². The molecule has 3 heteroatoms. The van der Waals surface area contributed by atoms with Crippen molar-refractivity contribution in [3.63, 3.8) is 0 Å². The molecule has 1 aliphatic carbocycles. The minimum absolute atomic E-state index is 0.717. The zero-order valence-electron chi connectivity index (χ0n) is 11.8. The van der Waals surface area contributed by atoms with Crippen LogP contribution in [0.4, 0.5) is 0 Å². The van der Waals surface area contributed by atoms with Gasteiger partial charge in [-0.05, 0) is 52.7 Å². The summed E-state index contributed by atoms with van der Waals surface area (Å²) >= 11 is 3.52. The van der Waals surface area contributed by atoms with Crippen LogP contribution in [0.1, 0.15) is 49.9 Å². The maximum absolute atomic E-state index is 4.75. The molecule has 0 atom stereocenters. The molecule has 0 saturated heterocycles. The summed E-state index contributed by atoms with van der Waals surface area (Å²) in [5, 5.41) is 0. The molecule has 0 spiro atoms. The van der Waals surface area contributed by atoms with E-state index < -0.39 is 0 Å². The van der Waals surface area contributed by atoms with Gasteiger partial charge < -0.3 is 0 Å². The first-order valence-corrected chi connectivity index (χ1v) is 8.20. The number of halogens is 1. The first-order chi connectivity index (χ1) is 9.78. The lowest BCUT2D eigenvalue weighted by Crippen LogP contribution is -2.10.